The van der Waals surface area contributed by atoms with Crippen molar-refractivity contribution in [2.45, 2.75) is 49.4 Å². The molecule has 0 unspecified atom stereocenters. The van der Waals surface area contributed by atoms with Crippen molar-refractivity contribution in [3.63, 3.8) is 0 Å². The molecule has 248 valence electrons. The Morgan fingerprint density at radius 1 is 0.750 bits per heavy atom. The Labute approximate surface area is 255 Å². The molecule has 3 amide bonds. The summed E-state index contributed by atoms with van der Waals surface area (Å²) in [5, 5.41) is 9.09. The third kappa shape index (κ3) is 11.3. The van der Waals surface area contributed by atoms with Crippen LogP contribution in [0.5, 0.6) is 5.75 Å². The van der Waals surface area contributed by atoms with E-state index in [-0.39, 0.29) is 57.1 Å². The second-order valence-electron chi connectivity index (χ2n) is 9.79. The van der Waals surface area contributed by atoms with Gasteiger partial charge in [-0.15, -0.1) is 0 Å². The molecule has 2 aliphatic rings. The van der Waals surface area contributed by atoms with E-state index in [9.17, 15) is 36.3 Å². The van der Waals surface area contributed by atoms with Gasteiger partial charge < -0.3 is 39.6 Å². The van der Waals surface area contributed by atoms with E-state index in [0.717, 1.165) is 25.0 Å². The number of nitrogens with one attached hydrogen (secondary N) is 3. The molecule has 0 spiro atoms. The van der Waals surface area contributed by atoms with Crippen LogP contribution in [-0.4, -0.2) is 100 Å². The summed E-state index contributed by atoms with van der Waals surface area (Å²) < 4.78 is 91.7. The van der Waals surface area contributed by atoms with E-state index in [0.29, 0.717) is 38.0 Å². The lowest BCUT2D eigenvalue weighted by atomic mass is 10.0. The summed E-state index contributed by atoms with van der Waals surface area (Å²) >= 11 is 1.86. The predicted molar refractivity (Wildman–Crippen MR) is 147 cm³/mol. The summed E-state index contributed by atoms with van der Waals surface area (Å²) in [5.41, 5.74) is 0. The summed E-state index contributed by atoms with van der Waals surface area (Å²) in [7, 11) is 0. The maximum Gasteiger partial charge on any atom is 0.315 e. The minimum absolute atomic E-state index is 0.0251. The van der Waals surface area contributed by atoms with Crippen molar-refractivity contribution in [3.05, 3.63) is 29.1 Å². The van der Waals surface area contributed by atoms with E-state index in [1.165, 1.54) is 0 Å². The Morgan fingerprint density at radius 3 is 1.95 bits per heavy atom. The van der Waals surface area contributed by atoms with Gasteiger partial charge in [0.1, 0.15) is 0 Å². The molecule has 11 nitrogen and oxygen atoms in total. The van der Waals surface area contributed by atoms with E-state index in [1.807, 2.05) is 11.8 Å². The van der Waals surface area contributed by atoms with Gasteiger partial charge in [0.05, 0.1) is 71.4 Å². The Bertz CT molecular complexity index is 1090. The molecule has 0 aliphatic carbocycles. The van der Waals surface area contributed by atoms with Crippen LogP contribution in [0.15, 0.2) is 0 Å². The first kappa shape index (κ1) is 35.7. The van der Waals surface area contributed by atoms with Crippen LogP contribution in [-0.2, 0) is 28.5 Å². The van der Waals surface area contributed by atoms with Gasteiger partial charge in [0.25, 0.3) is 0 Å². The van der Waals surface area contributed by atoms with Gasteiger partial charge in [0, 0.05) is 24.0 Å². The molecule has 1 aromatic rings. The van der Waals surface area contributed by atoms with Crippen molar-refractivity contribution in [1.82, 2.24) is 16.0 Å². The van der Waals surface area contributed by atoms with Crippen LogP contribution in [0.1, 0.15) is 32.1 Å². The average Bonchev–Trinajstić information content (AvgIpc) is 3.56. The quantitative estimate of drug-likeness (QED) is 0.0347. The molecule has 0 aromatic heterocycles. The monoisotopic (exact) mass is 657 g/mol. The Kier molecular flexibility index (Phi) is 15.4. The van der Waals surface area contributed by atoms with Gasteiger partial charge in [-0.3, -0.25) is 9.59 Å². The number of urea groups is 1. The lowest BCUT2D eigenvalue weighted by Crippen LogP contribution is -2.36. The zero-order valence-corrected chi connectivity index (χ0v) is 24.7. The third-order valence-electron chi connectivity index (χ3n) is 6.60. The normalized spacial score (nSPS) is 19.0. The molecule has 1 aromatic carbocycles. The molecule has 2 aliphatic heterocycles. The molecule has 3 rings (SSSR count). The van der Waals surface area contributed by atoms with E-state index < -0.39 is 47.2 Å². The van der Waals surface area contributed by atoms with Gasteiger partial charge in [-0.2, -0.15) is 20.5 Å². The Morgan fingerprint density at radius 2 is 1.32 bits per heavy atom. The van der Waals surface area contributed by atoms with Crippen molar-refractivity contribution in [3.8, 4) is 5.75 Å². The second-order valence-corrected chi connectivity index (χ2v) is 11.1. The highest BCUT2D eigenvalue weighted by atomic mass is 32.2. The summed E-state index contributed by atoms with van der Waals surface area (Å²) in [6.07, 6.45) is 2.63. The van der Waals surface area contributed by atoms with Crippen LogP contribution in [0, 0.1) is 29.1 Å². The standard InChI is InChI=1S/C27H36F5N3O8S/c28-20-21(29)23(31)26(24(32)22(20)30)43-19(37)5-7-39-9-11-41-13-14-42-12-10-40-8-6-33-18(36)4-2-1-3-17-25-16(15-44-17)34-27(38)35-25/h16-17,25H,1-15H2,(H,33,36)(H2,34,35,38)/t16-,17-,25-/m0/s1. The van der Waals surface area contributed by atoms with Crippen molar-refractivity contribution < 1.29 is 60.0 Å². The van der Waals surface area contributed by atoms with E-state index in [1.54, 1.807) is 0 Å². The third-order valence-corrected chi connectivity index (χ3v) is 8.11. The molecular formula is C27H36F5N3O8S. The van der Waals surface area contributed by atoms with Crippen LogP contribution in [0.2, 0.25) is 0 Å². The van der Waals surface area contributed by atoms with E-state index in [4.69, 9.17) is 18.9 Å². The molecule has 0 radical (unpaired) electrons. The van der Waals surface area contributed by atoms with Gasteiger partial charge >= 0.3 is 12.0 Å². The van der Waals surface area contributed by atoms with Crippen LogP contribution < -0.4 is 20.7 Å². The molecular weight excluding hydrogens is 621 g/mol. The number of fused-ring (bicyclic) bond motifs is 1. The first-order valence-corrected chi connectivity index (χ1v) is 15.2. The Balaban J connectivity index is 1.05. The number of hydrogen-bond donors (Lipinski definition) is 3. The molecule has 0 saturated carbocycles. The average molecular weight is 658 g/mol. The lowest BCUT2D eigenvalue weighted by molar-refractivity contribution is -0.136. The predicted octanol–water partition coefficient (Wildman–Crippen LogP) is 2.59. The molecule has 0 bridgehead atoms. The molecule has 2 fully saturated rings. The number of rotatable bonds is 21. The summed E-state index contributed by atoms with van der Waals surface area (Å²) in [6.45, 7) is 1.97. The molecule has 44 heavy (non-hydrogen) atoms. The number of benzene rings is 1. The zero-order chi connectivity index (χ0) is 31.9. The van der Waals surface area contributed by atoms with Crippen molar-refractivity contribution in [2.24, 2.45) is 0 Å². The molecule has 17 heteroatoms. The Hall–Kier alpha value is -2.73. The van der Waals surface area contributed by atoms with Gasteiger partial charge in [-0.25, -0.2) is 18.0 Å². The van der Waals surface area contributed by atoms with Crippen LogP contribution in [0.3, 0.4) is 0 Å². The van der Waals surface area contributed by atoms with Gasteiger partial charge in [0.15, 0.2) is 0 Å². The number of ether oxygens (including phenoxy) is 5. The molecule has 3 N–H and O–H groups in total. The fraction of sp³-hybridized carbons (Fsp3) is 0.667. The highest BCUT2D eigenvalue weighted by Crippen LogP contribution is 2.33. The number of esters is 1. The number of halogens is 5. The maximum absolute atomic E-state index is 13.5. The van der Waals surface area contributed by atoms with Crippen LogP contribution in [0.4, 0.5) is 26.7 Å². The van der Waals surface area contributed by atoms with Crippen molar-refractivity contribution in [2.75, 3.05) is 65.2 Å². The molecule has 2 heterocycles. The van der Waals surface area contributed by atoms with Crippen molar-refractivity contribution >= 4 is 29.7 Å². The maximum atomic E-state index is 13.5. The topological polar surface area (TPSA) is 133 Å². The first-order valence-electron chi connectivity index (χ1n) is 14.2. The summed E-state index contributed by atoms with van der Waals surface area (Å²) in [4.78, 5) is 35.0. The van der Waals surface area contributed by atoms with Crippen LogP contribution >= 0.6 is 11.8 Å². The SMILES string of the molecule is O=C(CCCC[C@@H]1SC[C@@H]2NC(=O)N[C@@H]21)NCCOCCOCCOCCOCCC(=O)Oc1c(F)c(F)c(F)c(F)c1F. The highest BCUT2D eigenvalue weighted by molar-refractivity contribution is 8.00. The number of carbonyl (C=O) groups excluding carboxylic acids is 3. The number of hydrogen-bond acceptors (Lipinski definition) is 9. The van der Waals surface area contributed by atoms with E-state index in [2.05, 4.69) is 20.7 Å². The highest BCUT2D eigenvalue weighted by Gasteiger charge is 2.42. The smallest absolute Gasteiger partial charge is 0.315 e. The number of carbonyl (C=O) groups is 3. The first-order chi connectivity index (χ1) is 21.2. The zero-order valence-electron chi connectivity index (χ0n) is 23.9. The minimum atomic E-state index is -2.35. The van der Waals surface area contributed by atoms with Crippen molar-refractivity contribution in [1.29, 1.82) is 0 Å². The largest absolute Gasteiger partial charge is 0.420 e. The second kappa shape index (κ2) is 18.9. The fourth-order valence-electron chi connectivity index (χ4n) is 4.38. The summed E-state index contributed by atoms with van der Waals surface area (Å²) in [6, 6.07) is 0.295. The fourth-order valence-corrected chi connectivity index (χ4v) is 5.93. The van der Waals surface area contributed by atoms with Gasteiger partial charge in [0.2, 0.25) is 40.7 Å². The van der Waals surface area contributed by atoms with Gasteiger partial charge in [-0.1, -0.05) is 6.42 Å². The molecule has 2 saturated heterocycles. The van der Waals surface area contributed by atoms with Crippen LogP contribution in [0.25, 0.3) is 0 Å². The summed E-state index contributed by atoms with van der Waals surface area (Å²) in [5.74, 6) is -13.3. The van der Waals surface area contributed by atoms with Gasteiger partial charge in [-0.05, 0) is 12.8 Å². The molecule has 3 atom stereocenters. The number of unbranched alkanes of at least 4 members (excludes halogenated alkanes) is 1. The number of thioether (sulfide) groups is 1. The van der Waals surface area contributed by atoms with E-state index >= 15 is 0 Å². The number of amides is 3. The minimum Gasteiger partial charge on any atom is -0.420 e. The lowest BCUT2D eigenvalue weighted by Gasteiger charge is -2.16.